The number of aliphatic hydroxyl groups excluding tert-OH is 1. The maximum Gasteiger partial charge on any atom is 0.161 e. The first kappa shape index (κ1) is 17.8. The third kappa shape index (κ3) is 5.56. The highest BCUT2D eigenvalue weighted by molar-refractivity contribution is 5.42. The SMILES string of the molecule is CCNC(C)(CO)CCCOc1ccc(CC)cc1OC. The molecule has 0 spiro atoms. The predicted molar refractivity (Wildman–Crippen MR) is 86.3 cm³/mol. The highest BCUT2D eigenvalue weighted by Crippen LogP contribution is 2.28. The van der Waals surface area contributed by atoms with Crippen LogP contribution < -0.4 is 14.8 Å². The van der Waals surface area contributed by atoms with Gasteiger partial charge in [0.15, 0.2) is 11.5 Å². The van der Waals surface area contributed by atoms with Gasteiger partial charge < -0.3 is 19.9 Å². The fourth-order valence-corrected chi connectivity index (χ4v) is 2.35. The molecule has 0 amide bonds. The van der Waals surface area contributed by atoms with E-state index in [1.54, 1.807) is 7.11 Å². The molecule has 1 aromatic rings. The first-order chi connectivity index (χ1) is 10.1. The lowest BCUT2D eigenvalue weighted by Gasteiger charge is -2.28. The quantitative estimate of drug-likeness (QED) is 0.652. The van der Waals surface area contributed by atoms with E-state index in [4.69, 9.17) is 9.47 Å². The Morgan fingerprint density at radius 2 is 2.00 bits per heavy atom. The van der Waals surface area contributed by atoms with Crippen molar-refractivity contribution in [3.05, 3.63) is 23.8 Å². The number of nitrogens with one attached hydrogen (secondary N) is 1. The van der Waals surface area contributed by atoms with E-state index in [-0.39, 0.29) is 12.1 Å². The maximum atomic E-state index is 9.45. The minimum absolute atomic E-state index is 0.134. The van der Waals surface area contributed by atoms with Crippen LogP contribution in [0.1, 0.15) is 39.2 Å². The summed E-state index contributed by atoms with van der Waals surface area (Å²) in [5.74, 6) is 1.56. The molecular weight excluding hydrogens is 266 g/mol. The third-order valence-corrected chi connectivity index (χ3v) is 3.72. The smallest absolute Gasteiger partial charge is 0.161 e. The summed E-state index contributed by atoms with van der Waals surface area (Å²) >= 11 is 0. The summed E-state index contributed by atoms with van der Waals surface area (Å²) in [6.07, 6.45) is 2.73. The molecule has 0 fully saturated rings. The topological polar surface area (TPSA) is 50.7 Å². The fraction of sp³-hybridized carbons (Fsp3) is 0.647. The zero-order valence-electron chi connectivity index (χ0n) is 13.7. The van der Waals surface area contributed by atoms with Crippen LogP contribution in [-0.2, 0) is 6.42 Å². The van der Waals surface area contributed by atoms with Crippen molar-refractivity contribution in [2.24, 2.45) is 0 Å². The molecule has 120 valence electrons. The van der Waals surface area contributed by atoms with Crippen molar-refractivity contribution in [2.45, 2.75) is 45.6 Å². The summed E-state index contributed by atoms with van der Waals surface area (Å²) in [5.41, 5.74) is 1.01. The number of ether oxygens (including phenoxy) is 2. The van der Waals surface area contributed by atoms with Gasteiger partial charge in [-0.1, -0.05) is 19.9 Å². The van der Waals surface area contributed by atoms with Gasteiger partial charge in [-0.25, -0.2) is 0 Å². The summed E-state index contributed by atoms with van der Waals surface area (Å²) in [6, 6.07) is 6.05. The van der Waals surface area contributed by atoms with Gasteiger partial charge >= 0.3 is 0 Å². The molecule has 1 unspecified atom stereocenters. The minimum Gasteiger partial charge on any atom is -0.493 e. The van der Waals surface area contributed by atoms with E-state index < -0.39 is 0 Å². The Balaban J connectivity index is 2.49. The summed E-state index contributed by atoms with van der Waals surface area (Å²) in [7, 11) is 1.66. The van der Waals surface area contributed by atoms with Crippen LogP contribution >= 0.6 is 0 Å². The van der Waals surface area contributed by atoms with Gasteiger partial charge in [-0.15, -0.1) is 0 Å². The normalized spacial score (nSPS) is 13.8. The third-order valence-electron chi connectivity index (χ3n) is 3.72. The van der Waals surface area contributed by atoms with Crippen molar-refractivity contribution >= 4 is 0 Å². The number of likely N-dealkylation sites (N-methyl/N-ethyl adjacent to an activating group) is 1. The summed E-state index contributed by atoms with van der Waals surface area (Å²) in [6.45, 7) is 7.80. The van der Waals surface area contributed by atoms with E-state index in [1.807, 2.05) is 26.0 Å². The van der Waals surface area contributed by atoms with Gasteiger partial charge in [0.2, 0.25) is 0 Å². The van der Waals surface area contributed by atoms with E-state index in [1.165, 1.54) is 5.56 Å². The Morgan fingerprint density at radius 1 is 1.24 bits per heavy atom. The van der Waals surface area contributed by atoms with E-state index in [9.17, 15) is 5.11 Å². The molecule has 0 heterocycles. The molecule has 0 aromatic heterocycles. The zero-order valence-corrected chi connectivity index (χ0v) is 13.7. The average Bonchev–Trinajstić information content (AvgIpc) is 2.51. The van der Waals surface area contributed by atoms with Gasteiger partial charge in [-0.3, -0.25) is 0 Å². The van der Waals surface area contributed by atoms with Crippen molar-refractivity contribution in [1.82, 2.24) is 5.32 Å². The molecule has 0 saturated carbocycles. The van der Waals surface area contributed by atoms with Crippen molar-refractivity contribution in [3.63, 3.8) is 0 Å². The van der Waals surface area contributed by atoms with Crippen molar-refractivity contribution in [1.29, 1.82) is 0 Å². The van der Waals surface area contributed by atoms with Gasteiger partial charge in [0, 0.05) is 5.54 Å². The van der Waals surface area contributed by atoms with E-state index in [0.29, 0.717) is 6.61 Å². The van der Waals surface area contributed by atoms with Gasteiger partial charge in [-0.2, -0.15) is 0 Å². The minimum atomic E-state index is -0.228. The number of hydrogen-bond donors (Lipinski definition) is 2. The lowest BCUT2D eigenvalue weighted by atomic mass is 9.97. The standard InChI is InChI=1S/C17H29NO3/c1-5-14-8-9-15(16(12-14)20-4)21-11-7-10-17(3,13-19)18-6-2/h8-9,12,18-19H,5-7,10-11,13H2,1-4H3. The largest absolute Gasteiger partial charge is 0.493 e. The molecule has 1 rings (SSSR count). The van der Waals surface area contributed by atoms with Crippen LogP contribution in [0.15, 0.2) is 18.2 Å². The monoisotopic (exact) mass is 295 g/mol. The number of rotatable bonds is 10. The van der Waals surface area contributed by atoms with Crippen LogP contribution in [0.3, 0.4) is 0 Å². The van der Waals surface area contributed by atoms with Crippen LogP contribution in [0.4, 0.5) is 0 Å². The number of aryl methyl sites for hydroxylation is 1. The van der Waals surface area contributed by atoms with Crippen molar-refractivity contribution < 1.29 is 14.6 Å². The lowest BCUT2D eigenvalue weighted by Crippen LogP contribution is -2.45. The number of hydrogen-bond acceptors (Lipinski definition) is 4. The molecule has 4 nitrogen and oxygen atoms in total. The number of aliphatic hydroxyl groups is 1. The molecule has 0 aliphatic carbocycles. The van der Waals surface area contributed by atoms with E-state index in [0.717, 1.165) is 37.3 Å². The highest BCUT2D eigenvalue weighted by atomic mass is 16.5. The molecule has 0 bridgehead atoms. The molecule has 21 heavy (non-hydrogen) atoms. The Hall–Kier alpha value is -1.26. The fourth-order valence-electron chi connectivity index (χ4n) is 2.35. The summed E-state index contributed by atoms with van der Waals surface area (Å²) in [5, 5.41) is 12.8. The van der Waals surface area contributed by atoms with Crippen molar-refractivity contribution in [2.75, 3.05) is 26.9 Å². The second-order valence-electron chi connectivity index (χ2n) is 5.54. The maximum absolute atomic E-state index is 9.45. The molecule has 0 saturated heterocycles. The molecule has 0 aliphatic rings. The Kier molecular flexibility index (Phi) is 7.54. The van der Waals surface area contributed by atoms with Crippen LogP contribution in [0.5, 0.6) is 11.5 Å². The molecule has 0 radical (unpaired) electrons. The first-order valence-electron chi connectivity index (χ1n) is 7.74. The summed E-state index contributed by atoms with van der Waals surface area (Å²) in [4.78, 5) is 0. The Bertz CT molecular complexity index is 422. The van der Waals surface area contributed by atoms with Gasteiger partial charge in [0.25, 0.3) is 0 Å². The molecule has 2 N–H and O–H groups in total. The van der Waals surface area contributed by atoms with Gasteiger partial charge in [0.1, 0.15) is 0 Å². The molecule has 1 atom stereocenters. The molecule has 0 aliphatic heterocycles. The highest BCUT2D eigenvalue weighted by Gasteiger charge is 2.21. The van der Waals surface area contributed by atoms with E-state index >= 15 is 0 Å². The van der Waals surface area contributed by atoms with Crippen LogP contribution in [0, 0.1) is 0 Å². The molecule has 4 heteroatoms. The zero-order chi connectivity index (χ0) is 15.7. The first-order valence-corrected chi connectivity index (χ1v) is 7.74. The van der Waals surface area contributed by atoms with Gasteiger partial charge in [-0.05, 0) is 50.4 Å². The van der Waals surface area contributed by atoms with Crippen LogP contribution in [0.25, 0.3) is 0 Å². The number of methoxy groups -OCH3 is 1. The number of benzene rings is 1. The summed E-state index contributed by atoms with van der Waals surface area (Å²) < 4.78 is 11.2. The second kappa shape index (κ2) is 8.90. The Labute approximate surface area is 128 Å². The lowest BCUT2D eigenvalue weighted by molar-refractivity contribution is 0.157. The van der Waals surface area contributed by atoms with Crippen LogP contribution in [-0.4, -0.2) is 37.5 Å². The second-order valence-corrected chi connectivity index (χ2v) is 5.54. The van der Waals surface area contributed by atoms with E-state index in [2.05, 4.69) is 18.3 Å². The van der Waals surface area contributed by atoms with Crippen LogP contribution in [0.2, 0.25) is 0 Å². The van der Waals surface area contributed by atoms with Gasteiger partial charge in [0.05, 0.1) is 20.3 Å². The van der Waals surface area contributed by atoms with Crippen molar-refractivity contribution in [3.8, 4) is 11.5 Å². The molecular formula is C17H29NO3. The Morgan fingerprint density at radius 3 is 2.57 bits per heavy atom. The molecule has 1 aromatic carbocycles. The average molecular weight is 295 g/mol. The predicted octanol–water partition coefficient (Wildman–Crippen LogP) is 2.78.